The average Bonchev–Trinajstić information content (AvgIpc) is 3.04. The van der Waals surface area contributed by atoms with Gasteiger partial charge in [-0.1, -0.05) is 0 Å². The van der Waals surface area contributed by atoms with Crippen LogP contribution in [0, 0.1) is 0 Å². The number of likely N-dealkylation sites (tertiary alicyclic amines) is 1. The van der Waals surface area contributed by atoms with Gasteiger partial charge in [-0.3, -0.25) is 9.79 Å². The molecule has 5 heteroatoms. The monoisotopic (exact) mass is 266 g/mol. The maximum Gasteiger partial charge on any atom is 0.220 e. The molecule has 1 heterocycles. The highest BCUT2D eigenvalue weighted by Crippen LogP contribution is 2.18. The van der Waals surface area contributed by atoms with E-state index < -0.39 is 0 Å². The number of amides is 1. The van der Waals surface area contributed by atoms with Gasteiger partial charge in [0.1, 0.15) is 0 Å². The van der Waals surface area contributed by atoms with Crippen molar-refractivity contribution in [2.24, 2.45) is 4.99 Å². The first-order valence-electron chi connectivity index (χ1n) is 7.62. The molecule has 0 aromatic rings. The van der Waals surface area contributed by atoms with Crippen molar-refractivity contribution >= 4 is 11.9 Å². The SMILES string of the molecule is CCNC(=NCCCC(=O)NC1CC1)N1CCCC1. The zero-order chi connectivity index (χ0) is 13.5. The Morgan fingerprint density at radius 1 is 1.32 bits per heavy atom. The van der Waals surface area contributed by atoms with Gasteiger partial charge in [0, 0.05) is 38.6 Å². The summed E-state index contributed by atoms with van der Waals surface area (Å²) in [5, 5.41) is 6.34. The fourth-order valence-corrected chi connectivity index (χ4v) is 2.31. The van der Waals surface area contributed by atoms with Crippen molar-refractivity contribution in [2.45, 2.75) is 51.5 Å². The number of rotatable bonds is 6. The highest BCUT2D eigenvalue weighted by atomic mass is 16.1. The Bertz CT molecular complexity index is 319. The second-order valence-corrected chi connectivity index (χ2v) is 5.38. The van der Waals surface area contributed by atoms with E-state index in [9.17, 15) is 4.79 Å². The molecule has 1 saturated heterocycles. The molecule has 0 atom stereocenters. The van der Waals surface area contributed by atoms with Gasteiger partial charge in [0.25, 0.3) is 0 Å². The molecule has 0 unspecified atom stereocenters. The number of nitrogens with zero attached hydrogens (tertiary/aromatic N) is 2. The molecule has 108 valence electrons. The fraction of sp³-hybridized carbons (Fsp3) is 0.857. The number of carbonyl (C=O) groups is 1. The van der Waals surface area contributed by atoms with Crippen LogP contribution >= 0.6 is 0 Å². The lowest BCUT2D eigenvalue weighted by Gasteiger charge is -2.20. The maximum absolute atomic E-state index is 11.5. The van der Waals surface area contributed by atoms with Crippen molar-refractivity contribution in [1.29, 1.82) is 0 Å². The Balaban J connectivity index is 1.66. The van der Waals surface area contributed by atoms with Gasteiger partial charge >= 0.3 is 0 Å². The zero-order valence-electron chi connectivity index (χ0n) is 12.0. The summed E-state index contributed by atoms with van der Waals surface area (Å²) in [6.45, 7) is 5.94. The van der Waals surface area contributed by atoms with Crippen LogP contribution in [0.2, 0.25) is 0 Å². The standard InChI is InChI=1S/C14H26N4O/c1-2-15-14(18-10-3-4-11-18)16-9-5-6-13(19)17-12-7-8-12/h12H,2-11H2,1H3,(H,15,16)(H,17,19). The number of hydrogen-bond acceptors (Lipinski definition) is 2. The second kappa shape index (κ2) is 7.36. The number of nitrogens with one attached hydrogen (secondary N) is 2. The Morgan fingerprint density at radius 2 is 2.05 bits per heavy atom. The third kappa shape index (κ3) is 5.09. The van der Waals surface area contributed by atoms with Crippen molar-refractivity contribution < 1.29 is 4.79 Å². The van der Waals surface area contributed by atoms with Crippen molar-refractivity contribution in [3.63, 3.8) is 0 Å². The number of hydrogen-bond donors (Lipinski definition) is 2. The normalized spacial score (nSPS) is 19.6. The van der Waals surface area contributed by atoms with Crippen molar-refractivity contribution in [1.82, 2.24) is 15.5 Å². The molecule has 0 radical (unpaired) electrons. The van der Waals surface area contributed by atoms with E-state index in [-0.39, 0.29) is 5.91 Å². The molecule has 2 aliphatic rings. The van der Waals surface area contributed by atoms with E-state index in [1.54, 1.807) is 0 Å². The van der Waals surface area contributed by atoms with Gasteiger partial charge in [-0.05, 0) is 39.0 Å². The minimum Gasteiger partial charge on any atom is -0.357 e. The first-order valence-corrected chi connectivity index (χ1v) is 7.62. The molecule has 1 saturated carbocycles. The predicted octanol–water partition coefficient (Wildman–Crippen LogP) is 1.11. The summed E-state index contributed by atoms with van der Waals surface area (Å²) in [4.78, 5) is 18.5. The molecule has 0 aromatic carbocycles. The lowest BCUT2D eigenvalue weighted by Crippen LogP contribution is -2.39. The smallest absolute Gasteiger partial charge is 0.220 e. The largest absolute Gasteiger partial charge is 0.357 e. The van der Waals surface area contributed by atoms with E-state index >= 15 is 0 Å². The van der Waals surface area contributed by atoms with Crippen LogP contribution in [0.3, 0.4) is 0 Å². The molecule has 19 heavy (non-hydrogen) atoms. The molecule has 2 rings (SSSR count). The quantitative estimate of drug-likeness (QED) is 0.430. The fourth-order valence-electron chi connectivity index (χ4n) is 2.31. The lowest BCUT2D eigenvalue weighted by molar-refractivity contribution is -0.121. The first kappa shape index (κ1) is 14.2. The minimum atomic E-state index is 0.184. The summed E-state index contributed by atoms with van der Waals surface area (Å²) < 4.78 is 0. The van der Waals surface area contributed by atoms with E-state index in [4.69, 9.17) is 0 Å². The van der Waals surface area contributed by atoms with Crippen LogP contribution in [0.25, 0.3) is 0 Å². The summed E-state index contributed by atoms with van der Waals surface area (Å²) in [6.07, 6.45) is 6.26. The summed E-state index contributed by atoms with van der Waals surface area (Å²) in [6, 6.07) is 0.470. The van der Waals surface area contributed by atoms with Crippen LogP contribution in [0.4, 0.5) is 0 Å². The van der Waals surface area contributed by atoms with Crippen LogP contribution in [0.1, 0.15) is 45.4 Å². The van der Waals surface area contributed by atoms with Crippen molar-refractivity contribution in [2.75, 3.05) is 26.2 Å². The molecule has 0 bridgehead atoms. The molecular weight excluding hydrogens is 240 g/mol. The first-order chi connectivity index (χ1) is 9.29. The van der Waals surface area contributed by atoms with E-state index in [0.29, 0.717) is 12.5 Å². The van der Waals surface area contributed by atoms with Gasteiger partial charge in [-0.2, -0.15) is 0 Å². The third-order valence-electron chi connectivity index (χ3n) is 3.51. The predicted molar refractivity (Wildman–Crippen MR) is 77.2 cm³/mol. The minimum absolute atomic E-state index is 0.184. The summed E-state index contributed by atoms with van der Waals surface area (Å²) in [7, 11) is 0. The number of guanidine groups is 1. The van der Waals surface area contributed by atoms with Crippen molar-refractivity contribution in [3.05, 3.63) is 0 Å². The zero-order valence-corrected chi connectivity index (χ0v) is 12.0. The second-order valence-electron chi connectivity index (χ2n) is 5.38. The van der Waals surface area contributed by atoms with Gasteiger partial charge in [0.05, 0.1) is 0 Å². The van der Waals surface area contributed by atoms with E-state index in [1.807, 2.05) is 0 Å². The number of carbonyl (C=O) groups excluding carboxylic acids is 1. The van der Waals surface area contributed by atoms with Crippen LogP contribution in [-0.2, 0) is 4.79 Å². The third-order valence-corrected chi connectivity index (χ3v) is 3.51. The van der Waals surface area contributed by atoms with Crippen molar-refractivity contribution in [3.8, 4) is 0 Å². The van der Waals surface area contributed by atoms with Gasteiger partial charge < -0.3 is 15.5 Å². The molecule has 5 nitrogen and oxygen atoms in total. The lowest BCUT2D eigenvalue weighted by atomic mass is 10.3. The van der Waals surface area contributed by atoms with Gasteiger partial charge in [0.15, 0.2) is 5.96 Å². The molecule has 0 spiro atoms. The van der Waals surface area contributed by atoms with Gasteiger partial charge in [0.2, 0.25) is 5.91 Å². The van der Waals surface area contributed by atoms with Crippen LogP contribution in [-0.4, -0.2) is 49.0 Å². The maximum atomic E-state index is 11.5. The topological polar surface area (TPSA) is 56.7 Å². The molecule has 2 fully saturated rings. The van der Waals surface area contributed by atoms with Crippen LogP contribution in [0.15, 0.2) is 4.99 Å². The Kier molecular flexibility index (Phi) is 5.48. The van der Waals surface area contributed by atoms with Gasteiger partial charge in [-0.15, -0.1) is 0 Å². The Morgan fingerprint density at radius 3 is 2.68 bits per heavy atom. The van der Waals surface area contributed by atoms with E-state index in [0.717, 1.165) is 51.4 Å². The van der Waals surface area contributed by atoms with Gasteiger partial charge in [-0.25, -0.2) is 0 Å². The Hall–Kier alpha value is -1.26. The molecule has 1 aliphatic carbocycles. The Labute approximate surface area is 115 Å². The molecular formula is C14H26N4O. The number of aliphatic imine (C=N–C) groups is 1. The highest BCUT2D eigenvalue weighted by molar-refractivity contribution is 5.80. The van der Waals surface area contributed by atoms with E-state index in [1.165, 1.54) is 12.8 Å². The molecule has 0 aromatic heterocycles. The molecule has 1 amide bonds. The van der Waals surface area contributed by atoms with Crippen LogP contribution < -0.4 is 10.6 Å². The van der Waals surface area contributed by atoms with E-state index in [2.05, 4.69) is 27.4 Å². The molecule has 2 N–H and O–H groups in total. The average molecular weight is 266 g/mol. The summed E-state index contributed by atoms with van der Waals surface area (Å²) >= 11 is 0. The highest BCUT2D eigenvalue weighted by Gasteiger charge is 2.22. The summed E-state index contributed by atoms with van der Waals surface area (Å²) in [5.74, 6) is 1.20. The molecule has 1 aliphatic heterocycles. The summed E-state index contributed by atoms with van der Waals surface area (Å²) in [5.41, 5.74) is 0. The van der Waals surface area contributed by atoms with Crippen LogP contribution in [0.5, 0.6) is 0 Å².